The molecule has 1 saturated heterocycles. The fourth-order valence-corrected chi connectivity index (χ4v) is 4.90. The third-order valence-electron chi connectivity index (χ3n) is 5.71. The van der Waals surface area contributed by atoms with E-state index in [0.29, 0.717) is 34.1 Å². The van der Waals surface area contributed by atoms with Gasteiger partial charge in [0.1, 0.15) is 12.4 Å². The van der Waals surface area contributed by atoms with Crippen LogP contribution in [0.25, 0.3) is 0 Å². The van der Waals surface area contributed by atoms with Gasteiger partial charge in [0.15, 0.2) is 11.0 Å². The molecule has 8 nitrogen and oxygen atoms in total. The van der Waals surface area contributed by atoms with Crippen molar-refractivity contribution < 1.29 is 14.3 Å². The maximum absolute atomic E-state index is 12.5. The summed E-state index contributed by atoms with van der Waals surface area (Å²) in [6.45, 7) is 1.00. The highest BCUT2D eigenvalue weighted by molar-refractivity contribution is 7.99. The number of ether oxygens (including phenoxy) is 1. The minimum Gasteiger partial charge on any atom is -0.484 e. The van der Waals surface area contributed by atoms with Gasteiger partial charge in [-0.25, -0.2) is 0 Å². The summed E-state index contributed by atoms with van der Waals surface area (Å²) in [5, 5.41) is 12.8. The third kappa shape index (κ3) is 5.20. The highest BCUT2D eigenvalue weighted by Crippen LogP contribution is 2.39. The van der Waals surface area contributed by atoms with E-state index in [1.807, 2.05) is 42.5 Å². The number of rotatable bonds is 9. The summed E-state index contributed by atoms with van der Waals surface area (Å²) in [6, 6.07) is 15.0. The van der Waals surface area contributed by atoms with Gasteiger partial charge in [-0.3, -0.25) is 14.2 Å². The number of para-hydroxylation sites is 1. The Labute approximate surface area is 206 Å². The second-order valence-corrected chi connectivity index (χ2v) is 9.60. The van der Waals surface area contributed by atoms with Crippen molar-refractivity contribution in [2.45, 2.75) is 43.5 Å². The molecule has 5 rings (SSSR count). The molecule has 2 fully saturated rings. The van der Waals surface area contributed by atoms with E-state index in [0.717, 1.165) is 37.3 Å². The maximum atomic E-state index is 12.5. The molecular formula is C24H24ClN5O3S. The monoisotopic (exact) mass is 497 g/mol. The van der Waals surface area contributed by atoms with E-state index in [2.05, 4.69) is 20.1 Å². The molecule has 1 aliphatic heterocycles. The highest BCUT2D eigenvalue weighted by Gasteiger charge is 2.30. The average Bonchev–Trinajstić information content (AvgIpc) is 3.46. The maximum Gasteiger partial charge on any atom is 0.234 e. The number of nitrogens with zero attached hydrogens (tertiary/aromatic N) is 4. The molecular weight excluding hydrogens is 474 g/mol. The van der Waals surface area contributed by atoms with E-state index in [1.54, 1.807) is 11.0 Å². The molecule has 1 saturated carbocycles. The Morgan fingerprint density at radius 1 is 1.15 bits per heavy atom. The predicted molar refractivity (Wildman–Crippen MR) is 131 cm³/mol. The minimum atomic E-state index is -0.130. The number of nitrogens with one attached hydrogen (secondary N) is 1. The molecule has 0 unspecified atom stereocenters. The second kappa shape index (κ2) is 10.1. The number of benzene rings is 2. The first kappa shape index (κ1) is 22.7. The van der Waals surface area contributed by atoms with Crippen LogP contribution in [0.2, 0.25) is 5.02 Å². The molecule has 0 radical (unpaired) electrons. The topological polar surface area (TPSA) is 89.3 Å². The number of carbonyl (C=O) groups is 2. The lowest BCUT2D eigenvalue weighted by Gasteiger charge is -2.16. The zero-order chi connectivity index (χ0) is 23.5. The number of hydrogen-bond acceptors (Lipinski definition) is 6. The second-order valence-electron chi connectivity index (χ2n) is 8.25. The van der Waals surface area contributed by atoms with E-state index in [4.69, 9.17) is 16.3 Å². The number of thioether (sulfide) groups is 1. The van der Waals surface area contributed by atoms with Gasteiger partial charge >= 0.3 is 0 Å². The molecule has 10 heteroatoms. The van der Waals surface area contributed by atoms with Crippen LogP contribution in [-0.2, 0) is 16.2 Å². The van der Waals surface area contributed by atoms with Crippen LogP contribution in [0.3, 0.4) is 0 Å². The molecule has 34 heavy (non-hydrogen) atoms. The first-order valence-electron chi connectivity index (χ1n) is 11.2. The van der Waals surface area contributed by atoms with Gasteiger partial charge in [-0.15, -0.1) is 10.2 Å². The molecule has 2 heterocycles. The number of anilines is 2. The molecule has 0 atom stereocenters. The van der Waals surface area contributed by atoms with Crippen LogP contribution >= 0.6 is 23.4 Å². The Hall–Kier alpha value is -3.04. The van der Waals surface area contributed by atoms with Crippen LogP contribution in [0.1, 0.15) is 37.5 Å². The Bertz CT molecular complexity index is 1200. The summed E-state index contributed by atoms with van der Waals surface area (Å²) in [5.41, 5.74) is 1.55. The fourth-order valence-electron chi connectivity index (χ4n) is 3.88. The van der Waals surface area contributed by atoms with Crippen molar-refractivity contribution in [1.82, 2.24) is 14.8 Å². The van der Waals surface area contributed by atoms with Gasteiger partial charge < -0.3 is 15.0 Å². The van der Waals surface area contributed by atoms with E-state index in [-0.39, 0.29) is 24.2 Å². The predicted octanol–water partition coefficient (Wildman–Crippen LogP) is 4.70. The van der Waals surface area contributed by atoms with Gasteiger partial charge in [0.25, 0.3) is 0 Å². The van der Waals surface area contributed by atoms with Crippen molar-refractivity contribution in [3.63, 3.8) is 0 Å². The lowest BCUT2D eigenvalue weighted by Crippen LogP contribution is -2.23. The lowest BCUT2D eigenvalue weighted by molar-refractivity contribution is -0.117. The van der Waals surface area contributed by atoms with Crippen molar-refractivity contribution in [2.24, 2.45) is 0 Å². The Balaban J connectivity index is 1.17. The van der Waals surface area contributed by atoms with Crippen LogP contribution in [0.5, 0.6) is 5.75 Å². The summed E-state index contributed by atoms with van der Waals surface area (Å²) in [6.07, 6.45) is 3.59. The lowest BCUT2D eigenvalue weighted by atomic mass is 10.2. The molecule has 3 aromatic rings. The van der Waals surface area contributed by atoms with Crippen molar-refractivity contribution in [3.8, 4) is 5.75 Å². The quantitative estimate of drug-likeness (QED) is 0.431. The molecule has 0 bridgehead atoms. The summed E-state index contributed by atoms with van der Waals surface area (Å²) < 4.78 is 7.91. The largest absolute Gasteiger partial charge is 0.484 e. The van der Waals surface area contributed by atoms with E-state index >= 15 is 0 Å². The molecule has 2 amide bonds. The first-order chi connectivity index (χ1) is 16.6. The molecule has 2 aliphatic rings. The number of halogens is 1. The number of amides is 2. The van der Waals surface area contributed by atoms with Crippen LogP contribution in [0.4, 0.5) is 11.4 Å². The number of hydrogen-bond donors (Lipinski definition) is 1. The molecule has 0 spiro atoms. The molecule has 2 aromatic carbocycles. The smallest absolute Gasteiger partial charge is 0.234 e. The Kier molecular flexibility index (Phi) is 6.73. The van der Waals surface area contributed by atoms with Gasteiger partial charge in [-0.1, -0.05) is 35.5 Å². The van der Waals surface area contributed by atoms with Crippen molar-refractivity contribution >= 4 is 46.6 Å². The molecule has 176 valence electrons. The SMILES string of the molecule is O=C(CSc1nnc(COc2ccccc2Cl)n1C1CC1)Nc1ccc(N2CCCC2=O)cc1. The van der Waals surface area contributed by atoms with Crippen molar-refractivity contribution in [3.05, 3.63) is 59.4 Å². The van der Waals surface area contributed by atoms with E-state index < -0.39 is 0 Å². The zero-order valence-electron chi connectivity index (χ0n) is 18.4. The van der Waals surface area contributed by atoms with Crippen LogP contribution < -0.4 is 15.0 Å². The van der Waals surface area contributed by atoms with E-state index in [9.17, 15) is 9.59 Å². The molecule has 1 aromatic heterocycles. The summed E-state index contributed by atoms with van der Waals surface area (Å²) in [5.74, 6) is 1.54. The van der Waals surface area contributed by atoms with Gasteiger partial charge in [0.05, 0.1) is 10.8 Å². The fraction of sp³-hybridized carbons (Fsp3) is 0.333. The van der Waals surface area contributed by atoms with Crippen LogP contribution in [-0.4, -0.2) is 38.9 Å². The number of carbonyl (C=O) groups excluding carboxylic acids is 2. The highest BCUT2D eigenvalue weighted by atomic mass is 35.5. The summed E-state index contributed by atoms with van der Waals surface area (Å²) >= 11 is 7.53. The van der Waals surface area contributed by atoms with Gasteiger partial charge in [0, 0.05) is 30.4 Å². The summed E-state index contributed by atoms with van der Waals surface area (Å²) in [4.78, 5) is 26.2. The van der Waals surface area contributed by atoms with Crippen molar-refractivity contribution in [2.75, 3.05) is 22.5 Å². The van der Waals surface area contributed by atoms with Gasteiger partial charge in [-0.2, -0.15) is 0 Å². The van der Waals surface area contributed by atoms with Crippen LogP contribution in [0, 0.1) is 0 Å². The van der Waals surface area contributed by atoms with Gasteiger partial charge in [-0.05, 0) is 55.7 Å². The Morgan fingerprint density at radius 2 is 1.94 bits per heavy atom. The standard InChI is InChI=1S/C24H24ClN5O3S/c25-19-4-1-2-5-20(19)33-14-21-27-28-24(30(21)18-11-12-18)34-15-22(31)26-16-7-9-17(10-8-16)29-13-3-6-23(29)32/h1-2,4-5,7-10,18H,3,6,11-15H2,(H,26,31). The number of aromatic nitrogens is 3. The summed E-state index contributed by atoms with van der Waals surface area (Å²) in [7, 11) is 0. The van der Waals surface area contributed by atoms with Crippen LogP contribution in [0.15, 0.2) is 53.7 Å². The first-order valence-corrected chi connectivity index (χ1v) is 12.6. The molecule has 1 aliphatic carbocycles. The Morgan fingerprint density at radius 3 is 2.65 bits per heavy atom. The average molecular weight is 498 g/mol. The van der Waals surface area contributed by atoms with Gasteiger partial charge in [0.2, 0.25) is 11.8 Å². The minimum absolute atomic E-state index is 0.130. The molecule has 1 N–H and O–H groups in total. The van der Waals surface area contributed by atoms with Crippen molar-refractivity contribution in [1.29, 1.82) is 0 Å². The third-order valence-corrected chi connectivity index (χ3v) is 6.96. The van der Waals surface area contributed by atoms with E-state index in [1.165, 1.54) is 11.8 Å². The normalized spacial score (nSPS) is 15.6. The zero-order valence-corrected chi connectivity index (χ0v) is 20.0.